The van der Waals surface area contributed by atoms with E-state index in [2.05, 4.69) is 5.32 Å². The molecular formula is C17H15NO4. The molecule has 1 amide bonds. The van der Waals surface area contributed by atoms with E-state index < -0.39 is 17.6 Å². The zero-order chi connectivity index (χ0) is 15.4. The molecule has 1 fully saturated rings. The number of hydrogen-bond acceptors (Lipinski definition) is 4. The van der Waals surface area contributed by atoms with Crippen molar-refractivity contribution in [2.75, 3.05) is 13.2 Å². The molecule has 0 spiro atoms. The average molecular weight is 297 g/mol. The minimum Gasteiger partial charge on any atom is -0.459 e. The van der Waals surface area contributed by atoms with Gasteiger partial charge < -0.3 is 14.8 Å². The first kappa shape index (κ1) is 14.1. The maximum absolute atomic E-state index is 12.1. The summed E-state index contributed by atoms with van der Waals surface area (Å²) in [6.45, 7) is 0.133. The van der Waals surface area contributed by atoms with E-state index in [0.29, 0.717) is 5.56 Å². The molecule has 1 aliphatic heterocycles. The molecule has 1 saturated heterocycles. The summed E-state index contributed by atoms with van der Waals surface area (Å²) in [7, 11) is 0. The number of benzene rings is 2. The van der Waals surface area contributed by atoms with Crippen molar-refractivity contribution in [3.8, 4) is 0 Å². The summed E-state index contributed by atoms with van der Waals surface area (Å²) in [5, 5.41) is 2.75. The highest BCUT2D eigenvalue weighted by molar-refractivity contribution is 5.89. The van der Waals surface area contributed by atoms with E-state index in [1.165, 1.54) is 0 Å². The minimum atomic E-state index is -0.844. The normalized spacial score (nSPS) is 20.1. The Hall–Kier alpha value is -2.82. The van der Waals surface area contributed by atoms with Crippen LogP contribution in [-0.4, -0.2) is 25.3 Å². The van der Waals surface area contributed by atoms with Gasteiger partial charge in [-0.05, 0) is 17.7 Å². The maximum atomic E-state index is 12.1. The molecule has 112 valence electrons. The van der Waals surface area contributed by atoms with E-state index in [4.69, 9.17) is 9.47 Å². The molecule has 22 heavy (non-hydrogen) atoms. The van der Waals surface area contributed by atoms with Crippen LogP contribution < -0.4 is 5.32 Å². The molecular weight excluding hydrogens is 282 g/mol. The fourth-order valence-corrected chi connectivity index (χ4v) is 2.38. The van der Waals surface area contributed by atoms with Crippen molar-refractivity contribution in [2.24, 2.45) is 0 Å². The molecule has 0 saturated carbocycles. The molecule has 1 aliphatic rings. The Labute approximate surface area is 127 Å². The topological polar surface area (TPSA) is 64.6 Å². The van der Waals surface area contributed by atoms with Crippen molar-refractivity contribution >= 4 is 12.1 Å². The predicted molar refractivity (Wildman–Crippen MR) is 79.3 cm³/mol. The number of nitrogens with one attached hydrogen (secondary N) is 1. The third-order valence-corrected chi connectivity index (χ3v) is 3.58. The molecule has 1 heterocycles. The van der Waals surface area contributed by atoms with Crippen molar-refractivity contribution in [2.45, 2.75) is 5.54 Å². The number of cyclic esters (lactones) is 1. The number of carbonyl (C=O) groups excluding carboxylic acids is 2. The number of esters is 1. The van der Waals surface area contributed by atoms with Crippen LogP contribution in [0.1, 0.15) is 15.9 Å². The summed E-state index contributed by atoms with van der Waals surface area (Å²) in [4.78, 5) is 23.6. The SMILES string of the molecule is O=C1N[C@](COC(=O)c2ccccc2)(c2ccccc2)CO1. The zero-order valence-corrected chi connectivity index (χ0v) is 11.8. The lowest BCUT2D eigenvalue weighted by Crippen LogP contribution is -2.45. The van der Waals surface area contributed by atoms with Gasteiger partial charge in [0.05, 0.1) is 5.56 Å². The van der Waals surface area contributed by atoms with Gasteiger partial charge in [-0.1, -0.05) is 48.5 Å². The summed E-state index contributed by atoms with van der Waals surface area (Å²) in [5.74, 6) is -0.433. The Bertz CT molecular complexity index is 672. The van der Waals surface area contributed by atoms with E-state index in [0.717, 1.165) is 5.56 Å². The highest BCUT2D eigenvalue weighted by Gasteiger charge is 2.42. The summed E-state index contributed by atoms with van der Waals surface area (Å²) >= 11 is 0. The van der Waals surface area contributed by atoms with E-state index in [9.17, 15) is 9.59 Å². The van der Waals surface area contributed by atoms with Crippen molar-refractivity contribution in [1.82, 2.24) is 5.32 Å². The molecule has 0 radical (unpaired) electrons. The first-order valence-corrected chi connectivity index (χ1v) is 6.92. The Morgan fingerprint density at radius 1 is 1.09 bits per heavy atom. The van der Waals surface area contributed by atoms with Crippen LogP contribution in [0.3, 0.4) is 0 Å². The summed E-state index contributed by atoms with van der Waals surface area (Å²) < 4.78 is 10.4. The highest BCUT2D eigenvalue weighted by atomic mass is 16.6. The van der Waals surface area contributed by atoms with Gasteiger partial charge in [0, 0.05) is 0 Å². The lowest BCUT2D eigenvalue weighted by molar-refractivity contribution is 0.0366. The molecule has 1 atom stereocenters. The average Bonchev–Trinajstić information content (AvgIpc) is 2.97. The Morgan fingerprint density at radius 3 is 2.32 bits per heavy atom. The molecule has 0 aliphatic carbocycles. The van der Waals surface area contributed by atoms with Crippen LogP contribution in [0.15, 0.2) is 60.7 Å². The van der Waals surface area contributed by atoms with Crippen LogP contribution in [0, 0.1) is 0 Å². The Balaban J connectivity index is 1.78. The van der Waals surface area contributed by atoms with Crippen LogP contribution in [0.2, 0.25) is 0 Å². The van der Waals surface area contributed by atoms with Crippen LogP contribution >= 0.6 is 0 Å². The van der Waals surface area contributed by atoms with Gasteiger partial charge in [0.15, 0.2) is 0 Å². The summed E-state index contributed by atoms with van der Waals surface area (Å²) in [5.41, 5.74) is 0.459. The second-order valence-corrected chi connectivity index (χ2v) is 5.09. The molecule has 5 nitrogen and oxygen atoms in total. The van der Waals surface area contributed by atoms with Crippen LogP contribution in [0.5, 0.6) is 0 Å². The molecule has 0 aromatic heterocycles. The van der Waals surface area contributed by atoms with Crippen molar-refractivity contribution in [1.29, 1.82) is 0 Å². The molecule has 0 unspecified atom stereocenters. The minimum absolute atomic E-state index is 0.0104. The molecule has 2 aromatic rings. The van der Waals surface area contributed by atoms with E-state index >= 15 is 0 Å². The smallest absolute Gasteiger partial charge is 0.408 e. The molecule has 1 N–H and O–H groups in total. The maximum Gasteiger partial charge on any atom is 0.408 e. The van der Waals surface area contributed by atoms with Gasteiger partial charge in [-0.3, -0.25) is 0 Å². The molecule has 5 heteroatoms. The van der Waals surface area contributed by atoms with Gasteiger partial charge in [0.1, 0.15) is 18.8 Å². The predicted octanol–water partition coefficient (Wildman–Crippen LogP) is 2.48. The first-order chi connectivity index (χ1) is 10.7. The van der Waals surface area contributed by atoms with Gasteiger partial charge >= 0.3 is 12.1 Å². The lowest BCUT2D eigenvalue weighted by atomic mass is 9.92. The number of carbonyl (C=O) groups is 2. The lowest BCUT2D eigenvalue weighted by Gasteiger charge is -2.26. The molecule has 2 aromatic carbocycles. The number of rotatable bonds is 4. The van der Waals surface area contributed by atoms with Gasteiger partial charge in [0.25, 0.3) is 0 Å². The Morgan fingerprint density at radius 2 is 1.73 bits per heavy atom. The quantitative estimate of drug-likeness (QED) is 0.881. The highest BCUT2D eigenvalue weighted by Crippen LogP contribution is 2.26. The van der Waals surface area contributed by atoms with E-state index in [-0.39, 0.29) is 13.2 Å². The number of hydrogen-bond donors (Lipinski definition) is 1. The standard InChI is InChI=1S/C17H15NO4/c19-15(13-7-3-1-4-8-13)21-11-17(12-22-16(20)18-17)14-9-5-2-6-10-14/h1-10H,11-12H2,(H,18,20)/t17-/m0/s1. The van der Waals surface area contributed by atoms with Gasteiger partial charge in [-0.2, -0.15) is 0 Å². The van der Waals surface area contributed by atoms with Gasteiger partial charge in [-0.15, -0.1) is 0 Å². The molecule has 0 bridgehead atoms. The largest absolute Gasteiger partial charge is 0.459 e. The van der Waals surface area contributed by atoms with Gasteiger partial charge in [-0.25, -0.2) is 9.59 Å². The van der Waals surface area contributed by atoms with Crippen molar-refractivity contribution < 1.29 is 19.1 Å². The number of amides is 1. The number of alkyl carbamates (subject to hydrolysis) is 1. The fraction of sp³-hybridized carbons (Fsp3) is 0.176. The van der Waals surface area contributed by atoms with Crippen LogP contribution in [0.25, 0.3) is 0 Å². The van der Waals surface area contributed by atoms with Crippen LogP contribution in [0.4, 0.5) is 4.79 Å². The monoisotopic (exact) mass is 297 g/mol. The zero-order valence-electron chi connectivity index (χ0n) is 11.8. The second-order valence-electron chi connectivity index (χ2n) is 5.09. The van der Waals surface area contributed by atoms with E-state index in [1.54, 1.807) is 24.3 Å². The summed E-state index contributed by atoms with van der Waals surface area (Å²) in [6.07, 6.45) is -0.514. The fourth-order valence-electron chi connectivity index (χ4n) is 2.38. The third kappa shape index (κ3) is 2.79. The molecule has 3 rings (SSSR count). The first-order valence-electron chi connectivity index (χ1n) is 6.92. The third-order valence-electron chi connectivity index (χ3n) is 3.58. The van der Waals surface area contributed by atoms with Crippen molar-refractivity contribution in [3.05, 3.63) is 71.8 Å². The van der Waals surface area contributed by atoms with Gasteiger partial charge in [0.2, 0.25) is 0 Å². The second kappa shape index (κ2) is 5.89. The Kier molecular flexibility index (Phi) is 3.78. The summed E-state index contributed by atoms with van der Waals surface area (Å²) in [6, 6.07) is 18.1. The van der Waals surface area contributed by atoms with Crippen LogP contribution in [-0.2, 0) is 15.0 Å². The van der Waals surface area contributed by atoms with E-state index in [1.807, 2.05) is 36.4 Å². The number of ether oxygens (including phenoxy) is 2. The van der Waals surface area contributed by atoms with Crippen molar-refractivity contribution in [3.63, 3.8) is 0 Å².